The lowest BCUT2D eigenvalue weighted by atomic mass is 9.80. The first kappa shape index (κ1) is 14.4. The van der Waals surface area contributed by atoms with Crippen molar-refractivity contribution in [2.45, 2.75) is 58.4 Å². The van der Waals surface area contributed by atoms with Crippen LogP contribution in [0.15, 0.2) is 18.2 Å². The maximum Gasteiger partial charge on any atom is 0.0369 e. The Hall–Kier alpha value is -1.02. The number of aryl methyl sites for hydroxylation is 1. The summed E-state index contributed by atoms with van der Waals surface area (Å²) in [5.41, 5.74) is 10.6. The summed E-state index contributed by atoms with van der Waals surface area (Å²) < 4.78 is 0. The molecule has 2 nitrogen and oxygen atoms in total. The van der Waals surface area contributed by atoms with Crippen LogP contribution in [-0.4, -0.2) is 19.1 Å². The molecule has 0 aliphatic heterocycles. The minimum Gasteiger partial charge on any atom is -0.372 e. The van der Waals surface area contributed by atoms with Gasteiger partial charge in [-0.25, -0.2) is 0 Å². The van der Waals surface area contributed by atoms with E-state index in [1.54, 1.807) is 0 Å². The normalized spacial score (nSPS) is 22.1. The highest BCUT2D eigenvalue weighted by Crippen LogP contribution is 2.33. The van der Waals surface area contributed by atoms with Crippen LogP contribution in [0.25, 0.3) is 0 Å². The Bertz CT molecular complexity index is 408. The first-order chi connectivity index (χ1) is 9.17. The number of fused-ring (bicyclic) bond motifs is 1. The van der Waals surface area contributed by atoms with Crippen LogP contribution in [0.5, 0.6) is 0 Å². The summed E-state index contributed by atoms with van der Waals surface area (Å²) in [6.07, 6.45) is 4.68. The van der Waals surface area contributed by atoms with E-state index in [-0.39, 0.29) is 0 Å². The summed E-state index contributed by atoms with van der Waals surface area (Å²) in [5.74, 6) is 0.503. The first-order valence-corrected chi connectivity index (χ1v) is 7.80. The molecule has 1 aromatic carbocycles. The zero-order valence-electron chi connectivity index (χ0n) is 12.7. The van der Waals surface area contributed by atoms with Gasteiger partial charge >= 0.3 is 0 Å². The predicted molar refractivity (Wildman–Crippen MR) is 83.9 cm³/mol. The van der Waals surface area contributed by atoms with Crippen molar-refractivity contribution in [1.82, 2.24) is 0 Å². The minimum absolute atomic E-state index is 0.334. The summed E-state index contributed by atoms with van der Waals surface area (Å²) in [5, 5.41) is 0. The molecular formula is C17H28N2. The summed E-state index contributed by atoms with van der Waals surface area (Å²) in [7, 11) is 0. The zero-order chi connectivity index (χ0) is 13.8. The van der Waals surface area contributed by atoms with Crippen LogP contribution in [-0.2, 0) is 6.42 Å². The molecule has 2 atom stereocenters. The van der Waals surface area contributed by atoms with Crippen LogP contribution in [0.4, 0.5) is 5.69 Å². The molecule has 0 saturated carbocycles. The van der Waals surface area contributed by atoms with Gasteiger partial charge in [0.15, 0.2) is 0 Å². The summed E-state index contributed by atoms with van der Waals surface area (Å²) >= 11 is 0. The van der Waals surface area contributed by atoms with Gasteiger partial charge < -0.3 is 10.6 Å². The second-order valence-corrected chi connectivity index (χ2v) is 5.86. The molecule has 0 aromatic heterocycles. The third-order valence-corrected chi connectivity index (χ3v) is 4.36. The molecule has 0 saturated heterocycles. The zero-order valence-corrected chi connectivity index (χ0v) is 12.7. The molecule has 0 radical (unpaired) electrons. The Labute approximate surface area is 118 Å². The quantitative estimate of drug-likeness (QED) is 0.875. The van der Waals surface area contributed by atoms with E-state index < -0.39 is 0 Å². The van der Waals surface area contributed by atoms with Gasteiger partial charge in [-0.1, -0.05) is 26.8 Å². The average molecular weight is 260 g/mol. The third kappa shape index (κ3) is 3.11. The van der Waals surface area contributed by atoms with Crippen LogP contribution in [0.3, 0.4) is 0 Å². The van der Waals surface area contributed by atoms with E-state index in [0.717, 1.165) is 25.9 Å². The van der Waals surface area contributed by atoms with Crippen LogP contribution in [0.2, 0.25) is 0 Å². The van der Waals surface area contributed by atoms with Crippen molar-refractivity contribution >= 4 is 5.69 Å². The van der Waals surface area contributed by atoms with Crippen molar-refractivity contribution in [3.63, 3.8) is 0 Å². The van der Waals surface area contributed by atoms with E-state index in [0.29, 0.717) is 12.0 Å². The predicted octanol–water partition coefficient (Wildman–Crippen LogP) is 3.69. The molecule has 0 spiro atoms. The van der Waals surface area contributed by atoms with Gasteiger partial charge in [-0.05, 0) is 54.9 Å². The van der Waals surface area contributed by atoms with Crippen LogP contribution in [0.1, 0.15) is 57.1 Å². The molecule has 2 rings (SSSR count). The second-order valence-electron chi connectivity index (χ2n) is 5.86. The largest absolute Gasteiger partial charge is 0.372 e. The van der Waals surface area contributed by atoms with Gasteiger partial charge in [0.1, 0.15) is 0 Å². The lowest BCUT2D eigenvalue weighted by Gasteiger charge is -2.31. The van der Waals surface area contributed by atoms with Gasteiger partial charge in [0.05, 0.1) is 0 Å². The Morgan fingerprint density at radius 2 is 1.89 bits per heavy atom. The molecule has 0 bridgehead atoms. The first-order valence-electron chi connectivity index (χ1n) is 7.80. The fraction of sp³-hybridized carbons (Fsp3) is 0.647. The number of nitrogens with zero attached hydrogens (tertiary/aromatic N) is 1. The van der Waals surface area contributed by atoms with E-state index in [9.17, 15) is 0 Å². The molecule has 0 fully saturated rings. The molecule has 2 N–H and O–H groups in total. The SMILES string of the molecule is CCCN(CCC)c1ccc2c(c1)CC[C@@H](N)[C@H]2C. The number of anilines is 1. The lowest BCUT2D eigenvalue weighted by Crippen LogP contribution is -2.32. The molecule has 0 unspecified atom stereocenters. The highest BCUT2D eigenvalue weighted by molar-refractivity contribution is 5.52. The van der Waals surface area contributed by atoms with Gasteiger partial charge in [-0.2, -0.15) is 0 Å². The number of rotatable bonds is 5. The standard InChI is InChI=1S/C17H28N2/c1-4-10-19(11-5-2)15-7-8-16-13(3)17(18)9-6-14(16)12-15/h7-8,12-13,17H,4-6,9-11,18H2,1-3H3/t13-,17+/m0/s1. The molecule has 19 heavy (non-hydrogen) atoms. The van der Waals surface area contributed by atoms with Crippen molar-refractivity contribution in [2.75, 3.05) is 18.0 Å². The second kappa shape index (κ2) is 6.42. The van der Waals surface area contributed by atoms with Crippen LogP contribution in [0, 0.1) is 0 Å². The molecule has 0 amide bonds. The molecular weight excluding hydrogens is 232 g/mol. The van der Waals surface area contributed by atoms with E-state index in [4.69, 9.17) is 5.73 Å². The summed E-state index contributed by atoms with van der Waals surface area (Å²) in [4.78, 5) is 2.51. The van der Waals surface area contributed by atoms with Gasteiger partial charge in [0.2, 0.25) is 0 Å². The van der Waals surface area contributed by atoms with Crippen LogP contribution < -0.4 is 10.6 Å². The number of benzene rings is 1. The van der Waals surface area contributed by atoms with Crippen molar-refractivity contribution < 1.29 is 0 Å². The van der Waals surface area contributed by atoms with E-state index in [2.05, 4.69) is 43.9 Å². The molecule has 2 heteroatoms. The Morgan fingerprint density at radius 3 is 2.53 bits per heavy atom. The summed E-state index contributed by atoms with van der Waals surface area (Å²) in [6, 6.07) is 7.34. The molecule has 1 aromatic rings. The summed E-state index contributed by atoms with van der Waals surface area (Å²) in [6.45, 7) is 9.08. The lowest BCUT2D eigenvalue weighted by molar-refractivity contribution is 0.497. The maximum atomic E-state index is 6.18. The van der Waals surface area contributed by atoms with Crippen LogP contribution >= 0.6 is 0 Å². The smallest absolute Gasteiger partial charge is 0.0369 e. The topological polar surface area (TPSA) is 29.3 Å². The fourth-order valence-electron chi connectivity index (χ4n) is 3.16. The Kier molecular flexibility index (Phi) is 4.87. The molecule has 106 valence electrons. The Balaban J connectivity index is 2.24. The van der Waals surface area contributed by atoms with Crippen molar-refractivity contribution in [2.24, 2.45) is 5.73 Å². The highest BCUT2D eigenvalue weighted by Gasteiger charge is 2.23. The van der Waals surface area contributed by atoms with Gasteiger partial charge in [-0.15, -0.1) is 0 Å². The van der Waals surface area contributed by atoms with E-state index in [1.165, 1.54) is 29.7 Å². The fourth-order valence-corrected chi connectivity index (χ4v) is 3.16. The number of hydrogen-bond acceptors (Lipinski definition) is 2. The van der Waals surface area contributed by atoms with Crippen molar-refractivity contribution in [3.05, 3.63) is 29.3 Å². The van der Waals surface area contributed by atoms with Crippen molar-refractivity contribution in [3.8, 4) is 0 Å². The molecule has 1 aliphatic carbocycles. The van der Waals surface area contributed by atoms with Gasteiger partial charge in [0.25, 0.3) is 0 Å². The van der Waals surface area contributed by atoms with E-state index in [1.807, 2.05) is 0 Å². The van der Waals surface area contributed by atoms with E-state index >= 15 is 0 Å². The van der Waals surface area contributed by atoms with Crippen molar-refractivity contribution in [1.29, 1.82) is 0 Å². The Morgan fingerprint density at radius 1 is 1.21 bits per heavy atom. The molecule has 1 aliphatic rings. The number of nitrogens with two attached hydrogens (primary N) is 1. The molecule has 0 heterocycles. The minimum atomic E-state index is 0.334. The van der Waals surface area contributed by atoms with Gasteiger partial charge in [0, 0.05) is 24.8 Å². The average Bonchev–Trinajstić information content (AvgIpc) is 2.42. The number of hydrogen-bond donors (Lipinski definition) is 1. The van der Waals surface area contributed by atoms with Gasteiger partial charge in [-0.3, -0.25) is 0 Å². The third-order valence-electron chi connectivity index (χ3n) is 4.36. The maximum absolute atomic E-state index is 6.18. The highest BCUT2D eigenvalue weighted by atomic mass is 15.1. The monoisotopic (exact) mass is 260 g/mol.